The highest BCUT2D eigenvalue weighted by Gasteiger charge is 2.30. The van der Waals surface area contributed by atoms with Gasteiger partial charge in [0.1, 0.15) is 0 Å². The molecule has 2 nitrogen and oxygen atoms in total. The summed E-state index contributed by atoms with van der Waals surface area (Å²) >= 11 is 1.53. The lowest BCUT2D eigenvalue weighted by molar-refractivity contribution is -0.137. The topological polar surface area (TPSA) is 24.9 Å². The molecule has 0 saturated heterocycles. The zero-order chi connectivity index (χ0) is 14.8. The van der Waals surface area contributed by atoms with E-state index in [1.54, 1.807) is 13.1 Å². The number of benzene rings is 1. The molecule has 1 heterocycles. The molecule has 2 rings (SSSR count). The van der Waals surface area contributed by atoms with Crippen LogP contribution < -0.4 is 5.32 Å². The molecule has 1 unspecified atom stereocenters. The quantitative estimate of drug-likeness (QED) is 0.924. The summed E-state index contributed by atoms with van der Waals surface area (Å²) in [6.45, 7) is 1.91. The average Bonchev–Trinajstić information content (AvgIpc) is 2.82. The first-order valence-corrected chi connectivity index (χ1v) is 7.03. The lowest BCUT2D eigenvalue weighted by Gasteiger charge is -2.15. The van der Waals surface area contributed by atoms with Crippen molar-refractivity contribution in [1.29, 1.82) is 0 Å². The van der Waals surface area contributed by atoms with Crippen molar-refractivity contribution in [2.75, 3.05) is 7.05 Å². The summed E-state index contributed by atoms with van der Waals surface area (Å²) in [5, 5.41) is 5.98. The van der Waals surface area contributed by atoms with Crippen LogP contribution in [0.3, 0.4) is 0 Å². The number of aryl methyl sites for hydroxylation is 1. The summed E-state index contributed by atoms with van der Waals surface area (Å²) in [5.41, 5.74) is 0.900. The maximum atomic E-state index is 12.7. The first-order chi connectivity index (χ1) is 9.40. The van der Waals surface area contributed by atoms with Crippen molar-refractivity contribution in [3.8, 4) is 0 Å². The Balaban J connectivity index is 2.20. The minimum absolute atomic E-state index is 0.0802. The Morgan fingerprint density at radius 3 is 2.65 bits per heavy atom. The van der Waals surface area contributed by atoms with Crippen molar-refractivity contribution < 1.29 is 13.2 Å². The Kier molecular flexibility index (Phi) is 4.45. The van der Waals surface area contributed by atoms with Crippen molar-refractivity contribution in [2.45, 2.75) is 25.6 Å². The van der Waals surface area contributed by atoms with E-state index in [1.807, 2.05) is 12.3 Å². The van der Waals surface area contributed by atoms with Crippen LogP contribution in [0.25, 0.3) is 0 Å². The van der Waals surface area contributed by atoms with E-state index in [9.17, 15) is 13.2 Å². The molecule has 0 aliphatic heterocycles. The highest BCUT2D eigenvalue weighted by molar-refractivity contribution is 7.09. The van der Waals surface area contributed by atoms with Gasteiger partial charge in [0.15, 0.2) is 0 Å². The van der Waals surface area contributed by atoms with Gasteiger partial charge in [-0.25, -0.2) is 4.98 Å². The number of rotatable bonds is 4. The fourth-order valence-corrected chi connectivity index (χ4v) is 2.67. The van der Waals surface area contributed by atoms with Crippen LogP contribution in [0.4, 0.5) is 13.2 Å². The Labute approximate surface area is 119 Å². The van der Waals surface area contributed by atoms with Crippen LogP contribution in [0.1, 0.15) is 27.9 Å². The Morgan fingerprint density at radius 1 is 1.35 bits per heavy atom. The second kappa shape index (κ2) is 5.93. The fraction of sp³-hybridized carbons (Fsp3) is 0.357. The van der Waals surface area contributed by atoms with Crippen molar-refractivity contribution in [3.05, 3.63) is 51.5 Å². The molecule has 0 saturated carbocycles. The largest absolute Gasteiger partial charge is 0.416 e. The number of likely N-dealkylation sites (N-methyl/N-ethyl adjacent to an activating group) is 1. The monoisotopic (exact) mass is 300 g/mol. The Bertz CT molecular complexity index is 578. The molecule has 0 bridgehead atoms. The fourth-order valence-electron chi connectivity index (χ4n) is 2.01. The summed E-state index contributed by atoms with van der Waals surface area (Å²) in [4.78, 5) is 4.38. The third-order valence-corrected chi connectivity index (χ3v) is 3.83. The van der Waals surface area contributed by atoms with Gasteiger partial charge in [-0.1, -0.05) is 18.2 Å². The summed E-state index contributed by atoms with van der Waals surface area (Å²) in [6, 6.07) is 5.35. The number of hydrogen-bond acceptors (Lipinski definition) is 3. The lowest BCUT2D eigenvalue weighted by atomic mass is 10.0. The zero-order valence-electron chi connectivity index (χ0n) is 11.2. The highest BCUT2D eigenvalue weighted by atomic mass is 32.1. The summed E-state index contributed by atoms with van der Waals surface area (Å²) in [7, 11) is 1.78. The molecule has 1 N–H and O–H groups in total. The average molecular weight is 300 g/mol. The Morgan fingerprint density at radius 2 is 2.10 bits per heavy atom. The van der Waals surface area contributed by atoms with Crippen molar-refractivity contribution >= 4 is 11.3 Å². The zero-order valence-corrected chi connectivity index (χ0v) is 12.0. The van der Waals surface area contributed by atoms with Crippen LogP contribution in [0.5, 0.6) is 0 Å². The van der Waals surface area contributed by atoms with E-state index in [-0.39, 0.29) is 6.04 Å². The predicted octanol–water partition coefficient (Wildman–Crippen LogP) is 3.97. The molecule has 20 heavy (non-hydrogen) atoms. The predicted molar refractivity (Wildman–Crippen MR) is 73.8 cm³/mol. The molecule has 0 aliphatic carbocycles. The van der Waals surface area contributed by atoms with Crippen molar-refractivity contribution in [2.24, 2.45) is 0 Å². The van der Waals surface area contributed by atoms with Gasteiger partial charge < -0.3 is 5.32 Å². The molecule has 0 radical (unpaired) electrons. The number of hydrogen-bond donors (Lipinski definition) is 1. The van der Waals surface area contributed by atoms with Gasteiger partial charge in [0.05, 0.1) is 22.3 Å². The molecule has 0 amide bonds. The van der Waals surface area contributed by atoms with Gasteiger partial charge in [-0.15, -0.1) is 11.3 Å². The van der Waals surface area contributed by atoms with Gasteiger partial charge in [0.2, 0.25) is 0 Å². The number of alkyl halides is 3. The second-order valence-electron chi connectivity index (χ2n) is 4.53. The smallest absolute Gasteiger partial charge is 0.311 e. The third kappa shape index (κ3) is 3.58. The van der Waals surface area contributed by atoms with E-state index in [0.29, 0.717) is 12.0 Å². The molecule has 6 heteroatoms. The van der Waals surface area contributed by atoms with Gasteiger partial charge >= 0.3 is 6.18 Å². The molecule has 1 aromatic heterocycles. The first-order valence-electron chi connectivity index (χ1n) is 6.15. The van der Waals surface area contributed by atoms with Crippen LogP contribution >= 0.6 is 11.3 Å². The van der Waals surface area contributed by atoms with Gasteiger partial charge in [-0.2, -0.15) is 13.2 Å². The van der Waals surface area contributed by atoms with Crippen LogP contribution in [0.15, 0.2) is 29.6 Å². The van der Waals surface area contributed by atoms with E-state index in [2.05, 4.69) is 10.3 Å². The first kappa shape index (κ1) is 15.0. The summed E-state index contributed by atoms with van der Waals surface area (Å²) < 4.78 is 38.1. The minimum Gasteiger partial charge on any atom is -0.311 e. The third-order valence-electron chi connectivity index (χ3n) is 3.04. The van der Waals surface area contributed by atoms with E-state index in [1.165, 1.54) is 23.5 Å². The molecule has 1 atom stereocenters. The van der Waals surface area contributed by atoms with Crippen LogP contribution in [0.2, 0.25) is 0 Å². The van der Waals surface area contributed by atoms with E-state index >= 15 is 0 Å². The van der Waals surface area contributed by atoms with Gasteiger partial charge in [-0.3, -0.25) is 0 Å². The number of nitrogens with zero attached hydrogens (tertiary/aromatic N) is 1. The normalized spacial score (nSPS) is 13.4. The maximum Gasteiger partial charge on any atom is 0.416 e. The molecule has 0 fully saturated rings. The van der Waals surface area contributed by atoms with E-state index in [0.717, 1.165) is 16.8 Å². The van der Waals surface area contributed by atoms with Crippen molar-refractivity contribution in [1.82, 2.24) is 10.3 Å². The molecular formula is C14H15F3N2S. The van der Waals surface area contributed by atoms with Gasteiger partial charge in [-0.05, 0) is 32.0 Å². The molecule has 2 aromatic rings. The lowest BCUT2D eigenvalue weighted by Crippen LogP contribution is -2.19. The number of aromatic nitrogens is 1. The number of thiazole rings is 1. The molecule has 0 spiro atoms. The maximum absolute atomic E-state index is 12.7. The van der Waals surface area contributed by atoms with Crippen molar-refractivity contribution in [3.63, 3.8) is 0 Å². The van der Waals surface area contributed by atoms with Crippen LogP contribution in [-0.2, 0) is 12.6 Å². The summed E-state index contributed by atoms with van der Waals surface area (Å²) in [6.07, 6.45) is -3.83. The number of nitrogens with one attached hydrogen (secondary N) is 1. The van der Waals surface area contributed by atoms with Crippen LogP contribution in [0, 0.1) is 6.92 Å². The minimum atomic E-state index is -4.30. The standard InChI is InChI=1S/C14H15F3N2S/c1-9-19-13(8-20-9)12(18-2)7-10-4-3-5-11(6-10)14(15,16)17/h3-6,8,12,18H,7H2,1-2H3. The van der Waals surface area contributed by atoms with Crippen LogP contribution in [-0.4, -0.2) is 12.0 Å². The second-order valence-corrected chi connectivity index (χ2v) is 5.60. The molecule has 108 valence electrons. The van der Waals surface area contributed by atoms with E-state index < -0.39 is 11.7 Å². The molecule has 1 aromatic carbocycles. The SMILES string of the molecule is CNC(Cc1cccc(C(F)(F)F)c1)c1csc(C)n1. The van der Waals surface area contributed by atoms with Gasteiger partial charge in [0, 0.05) is 5.38 Å². The van der Waals surface area contributed by atoms with E-state index in [4.69, 9.17) is 0 Å². The highest BCUT2D eigenvalue weighted by Crippen LogP contribution is 2.30. The summed E-state index contributed by atoms with van der Waals surface area (Å²) in [5.74, 6) is 0. The molecule has 0 aliphatic rings. The van der Waals surface area contributed by atoms with Gasteiger partial charge in [0.25, 0.3) is 0 Å². The Hall–Kier alpha value is -1.40. The molecular weight excluding hydrogens is 285 g/mol. The number of halogens is 3.